The second kappa shape index (κ2) is 124. The van der Waals surface area contributed by atoms with Crippen LogP contribution in [0.1, 0.15) is 0 Å². The van der Waals surface area contributed by atoms with E-state index in [0.29, 0.717) is 0 Å². The standard InChI is InChI=1S/2AsH3.2Ga.2Ge.7Se/h2*1H3;;;;;;;;;;;/q;;2*+3;2*+4;7*-2. The van der Waals surface area contributed by atoms with Gasteiger partial charge < -0.3 is 119 Å². The van der Waals surface area contributed by atoms with E-state index in [1.165, 1.54) is 0 Å². The second-order valence-electron chi connectivity index (χ2n) is 0. The average Bonchev–Trinajstić information content (AvgIpc) is 0. The third-order valence-corrected chi connectivity index (χ3v) is 0. The van der Waals surface area contributed by atoms with Crippen molar-refractivity contribution in [2.24, 2.45) is 0 Å². The molecular weight excluding hydrogens is 987 g/mol. The predicted octanol–water partition coefficient (Wildman–Crippen LogP) is -6.56. The van der Waals surface area contributed by atoms with E-state index in [1.54, 1.807) is 0 Å². The Morgan fingerprint density at radius 3 is 0.308 bits per heavy atom. The van der Waals surface area contributed by atoms with Gasteiger partial charge in [0.05, 0.1) is 0 Å². The topological polar surface area (TPSA) is 0 Å². The summed E-state index contributed by atoms with van der Waals surface area (Å²) in [5.74, 6) is 0. The van der Waals surface area contributed by atoms with Crippen molar-refractivity contribution in [3.05, 3.63) is 0 Å². The van der Waals surface area contributed by atoms with Crippen LogP contribution in [0.15, 0.2) is 0 Å². The van der Waals surface area contributed by atoms with Gasteiger partial charge in [0.25, 0.3) is 0 Å². The zero-order valence-corrected chi connectivity index (χ0v) is 33.4. The van der Waals surface area contributed by atoms with Gasteiger partial charge in [-0.25, -0.2) is 0 Å². The Hall–Kier alpha value is 7.11. The van der Waals surface area contributed by atoms with E-state index >= 15 is 0 Å². The molecule has 0 aliphatic rings. The van der Waals surface area contributed by atoms with Gasteiger partial charge in [0.2, 0.25) is 0 Å². The van der Waals surface area contributed by atoms with Crippen LogP contribution in [-0.4, -0.2) is 230 Å². The predicted molar refractivity (Wildman–Crippen MR) is 83.2 cm³/mol. The molecule has 13 heavy (non-hydrogen) atoms. The van der Waals surface area contributed by atoms with Gasteiger partial charge in [-0.3, -0.25) is 0 Å². The van der Waals surface area contributed by atoms with Crippen molar-refractivity contribution < 1.29 is 0 Å². The zero-order valence-electron chi connectivity index (χ0n) is 6.43. The van der Waals surface area contributed by atoms with Crippen LogP contribution in [-0.2, 0) is 0 Å². The molecule has 0 aromatic heterocycles. The first kappa shape index (κ1) is 145. The summed E-state index contributed by atoms with van der Waals surface area (Å²) in [6.45, 7) is 0. The van der Waals surface area contributed by atoms with Crippen LogP contribution < -0.4 is 0 Å². The Bertz CT molecular complexity index is 22.5. The van der Waals surface area contributed by atoms with E-state index in [2.05, 4.69) is 0 Å². The van der Waals surface area contributed by atoms with E-state index in [9.17, 15) is 0 Å². The van der Waals surface area contributed by atoms with Crippen molar-refractivity contribution in [3.63, 3.8) is 0 Å². The molecule has 72 valence electrons. The number of rotatable bonds is 0. The summed E-state index contributed by atoms with van der Waals surface area (Å²) < 4.78 is 0. The van der Waals surface area contributed by atoms with Crippen LogP contribution in [0.2, 0.25) is 0 Å². The Labute approximate surface area is 225 Å². The summed E-state index contributed by atoms with van der Waals surface area (Å²) >= 11 is 0. The first-order valence-corrected chi connectivity index (χ1v) is 0. The third-order valence-electron chi connectivity index (χ3n) is 0. The average molecular weight is 993 g/mol. The summed E-state index contributed by atoms with van der Waals surface area (Å²) in [7, 11) is 0. The Morgan fingerprint density at radius 2 is 0.308 bits per heavy atom. The molecule has 0 aliphatic carbocycles. The molecule has 0 spiro atoms. The van der Waals surface area contributed by atoms with Gasteiger partial charge in [0, 0.05) is 0 Å². The number of hydrogen-bond donors (Lipinski definition) is 0. The smallest absolute Gasteiger partial charge is 2.00 e. The molecule has 0 fully saturated rings. The molecule has 0 nitrogen and oxygen atoms in total. The largest absolute Gasteiger partial charge is 4.00 e. The van der Waals surface area contributed by atoms with Crippen LogP contribution in [0.25, 0.3) is 0 Å². The van der Waals surface area contributed by atoms with Gasteiger partial charge >= 0.3 is 111 Å². The van der Waals surface area contributed by atoms with E-state index in [1.807, 2.05) is 0 Å². The van der Waals surface area contributed by atoms with E-state index in [-0.39, 0.29) is 230 Å². The maximum atomic E-state index is 0. The minimum absolute atomic E-state index is 0. The molecule has 0 radical (unpaired) electrons. The molecule has 0 N–H and O–H groups in total. The van der Waals surface area contributed by atoms with Crippen LogP contribution in [0.5, 0.6) is 0 Å². The van der Waals surface area contributed by atoms with Gasteiger partial charge in [0.1, 0.15) is 0 Å². The molecule has 2 atom stereocenters. The van der Waals surface area contributed by atoms with E-state index in [0.717, 1.165) is 0 Å². The summed E-state index contributed by atoms with van der Waals surface area (Å²) in [6, 6.07) is 0. The Morgan fingerprint density at radius 1 is 0.308 bits per heavy atom. The van der Waals surface area contributed by atoms with Crippen molar-refractivity contribution in [3.8, 4) is 0 Å². The number of hydrogen-bond acceptors (Lipinski definition) is 0. The third kappa shape index (κ3) is 111. The van der Waals surface area contributed by atoms with Gasteiger partial charge in [0.15, 0.2) is 0 Å². The SMILES string of the molecule is [AsH3].[AsH3].[Ga+3].[Ga+3].[Ge+4].[Ge+4].[Se-2].[Se-2].[Se-2].[Se-2].[Se-2].[Se-2].[Se-2]. The molecular formula is H6As2Ga2Ge2Se7. The van der Waals surface area contributed by atoms with Gasteiger partial charge in [-0.05, 0) is 0 Å². The van der Waals surface area contributed by atoms with Crippen LogP contribution in [0.4, 0.5) is 0 Å². The summed E-state index contributed by atoms with van der Waals surface area (Å²) in [5.41, 5.74) is 0. The van der Waals surface area contributed by atoms with Crippen molar-refractivity contribution >= 4 is 230 Å². The molecule has 0 amide bonds. The Balaban J connectivity index is 0. The van der Waals surface area contributed by atoms with E-state index < -0.39 is 0 Å². The van der Waals surface area contributed by atoms with Crippen LogP contribution >= 0.6 is 0 Å². The molecule has 0 rings (SSSR count). The minimum Gasteiger partial charge on any atom is -2.00 e. The van der Waals surface area contributed by atoms with Crippen molar-refractivity contribution in [2.75, 3.05) is 0 Å². The van der Waals surface area contributed by atoms with Crippen LogP contribution in [0, 0.1) is 0 Å². The fourth-order valence-corrected chi connectivity index (χ4v) is 0. The quantitative estimate of drug-likeness (QED) is 0.213. The molecule has 0 aromatic carbocycles. The minimum atomic E-state index is 0. The first-order valence-electron chi connectivity index (χ1n) is 0. The van der Waals surface area contributed by atoms with Crippen LogP contribution in [0.3, 0.4) is 0 Å². The molecule has 2 unspecified atom stereocenters. The van der Waals surface area contributed by atoms with E-state index in [4.69, 9.17) is 0 Å². The molecule has 13 heteroatoms. The molecule has 0 heterocycles. The molecule has 0 bridgehead atoms. The summed E-state index contributed by atoms with van der Waals surface area (Å²) in [6.07, 6.45) is 0. The molecule has 0 saturated carbocycles. The maximum absolute atomic E-state index is 0. The van der Waals surface area contributed by atoms with Gasteiger partial charge in [-0.1, -0.05) is 0 Å². The molecule has 0 aliphatic heterocycles. The fraction of sp³-hybridized carbons (Fsp3) is 0. The molecule has 0 aromatic rings. The molecule has 0 saturated heterocycles. The zero-order chi connectivity index (χ0) is 0. The van der Waals surface area contributed by atoms with Crippen molar-refractivity contribution in [1.82, 2.24) is 0 Å². The second-order valence-corrected chi connectivity index (χ2v) is 0. The maximum Gasteiger partial charge on any atom is 4.00 e. The summed E-state index contributed by atoms with van der Waals surface area (Å²) in [4.78, 5) is 0. The fourth-order valence-electron chi connectivity index (χ4n) is 0. The Kier molecular flexibility index (Phi) is 1380. The van der Waals surface area contributed by atoms with Crippen molar-refractivity contribution in [1.29, 1.82) is 0 Å². The normalized spacial score (nSPS) is 0. The monoisotopic (exact) mass is 1000 g/mol. The van der Waals surface area contributed by atoms with Gasteiger partial charge in [-0.2, -0.15) is 0 Å². The summed E-state index contributed by atoms with van der Waals surface area (Å²) in [5, 5.41) is 0. The van der Waals surface area contributed by atoms with Crippen molar-refractivity contribution in [2.45, 2.75) is 0 Å². The first-order chi connectivity index (χ1) is 0. The van der Waals surface area contributed by atoms with Gasteiger partial charge in [-0.15, -0.1) is 0 Å².